The average molecular weight is 677 g/mol. The normalized spacial score (nSPS) is 14.3. The van der Waals surface area contributed by atoms with Crippen molar-refractivity contribution in [3.8, 4) is 5.75 Å². The van der Waals surface area contributed by atoms with Crippen molar-refractivity contribution in [1.29, 1.82) is 0 Å². The number of anilines is 1. The van der Waals surface area contributed by atoms with Crippen molar-refractivity contribution >= 4 is 55.1 Å². The lowest BCUT2D eigenvalue weighted by molar-refractivity contribution is -0.139. The highest BCUT2D eigenvalue weighted by Crippen LogP contribution is 2.28. The van der Waals surface area contributed by atoms with E-state index in [9.17, 15) is 18.0 Å². The Morgan fingerprint density at radius 3 is 2.21 bits per heavy atom. The molecule has 1 saturated carbocycles. The molecule has 0 unspecified atom stereocenters. The van der Waals surface area contributed by atoms with E-state index in [4.69, 9.17) is 16.3 Å². The van der Waals surface area contributed by atoms with Gasteiger partial charge in [0.05, 0.1) is 17.2 Å². The van der Waals surface area contributed by atoms with Crippen LogP contribution in [0.1, 0.15) is 45.1 Å². The van der Waals surface area contributed by atoms with E-state index in [0.29, 0.717) is 17.4 Å². The monoisotopic (exact) mass is 675 g/mol. The number of carbonyl (C=O) groups is 2. The third kappa shape index (κ3) is 8.05. The van der Waals surface area contributed by atoms with E-state index >= 15 is 0 Å². The van der Waals surface area contributed by atoms with Gasteiger partial charge in [-0.15, -0.1) is 0 Å². The highest BCUT2D eigenvalue weighted by molar-refractivity contribution is 9.10. The fraction of sp³-hybridized carbons (Fsp3) is 0.355. The first kappa shape index (κ1) is 31.8. The minimum atomic E-state index is -4.19. The van der Waals surface area contributed by atoms with Crippen LogP contribution in [-0.2, 0) is 26.2 Å². The second-order valence-corrected chi connectivity index (χ2v) is 13.4. The van der Waals surface area contributed by atoms with Crippen LogP contribution in [0.5, 0.6) is 5.75 Å². The Balaban J connectivity index is 1.68. The van der Waals surface area contributed by atoms with Crippen molar-refractivity contribution < 1.29 is 22.7 Å². The summed E-state index contributed by atoms with van der Waals surface area (Å²) in [6.07, 6.45) is 3.93. The van der Waals surface area contributed by atoms with E-state index in [-0.39, 0.29) is 29.1 Å². The summed E-state index contributed by atoms with van der Waals surface area (Å²) < 4.78 is 35.3. The van der Waals surface area contributed by atoms with Crippen molar-refractivity contribution in [3.63, 3.8) is 0 Å². The fourth-order valence-corrected chi connectivity index (χ4v) is 6.70. The van der Waals surface area contributed by atoms with Gasteiger partial charge in [-0.2, -0.15) is 0 Å². The summed E-state index contributed by atoms with van der Waals surface area (Å²) in [6.45, 7) is 3.60. The smallest absolute Gasteiger partial charge is 0.264 e. The minimum Gasteiger partial charge on any atom is -0.494 e. The van der Waals surface area contributed by atoms with Gasteiger partial charge >= 0.3 is 0 Å². The number of carbonyl (C=O) groups excluding carboxylic acids is 2. The molecule has 0 aliphatic heterocycles. The fourth-order valence-electron chi connectivity index (χ4n) is 4.90. The standard InChI is InChI=1S/C31H35BrClN3O5S/c1-3-41-28-16-14-27(15-17-28)36(42(39,40)29-18-12-25(33)13-19-29)21-30(37)35(20-23-8-10-24(32)11-9-23)22(2)31(38)34-26-6-4-5-7-26/h8-19,22,26H,3-7,20-21H2,1-2H3,(H,34,38)/t22-/m1/s1. The Bertz CT molecular complexity index is 1460. The number of nitrogens with zero attached hydrogens (tertiary/aromatic N) is 2. The molecule has 1 aliphatic carbocycles. The second-order valence-electron chi connectivity index (χ2n) is 10.2. The number of amides is 2. The van der Waals surface area contributed by atoms with Gasteiger partial charge in [-0.05, 0) is 92.9 Å². The predicted molar refractivity (Wildman–Crippen MR) is 168 cm³/mol. The molecule has 1 aliphatic rings. The van der Waals surface area contributed by atoms with Crippen LogP contribution in [0, 0.1) is 0 Å². The molecule has 1 fully saturated rings. The highest BCUT2D eigenvalue weighted by atomic mass is 79.9. The largest absolute Gasteiger partial charge is 0.494 e. The number of benzene rings is 3. The third-order valence-corrected chi connectivity index (χ3v) is 9.82. The molecule has 0 heterocycles. The Morgan fingerprint density at radius 1 is 1.00 bits per heavy atom. The van der Waals surface area contributed by atoms with Crippen LogP contribution in [0.4, 0.5) is 5.69 Å². The molecular formula is C31H35BrClN3O5S. The highest BCUT2D eigenvalue weighted by Gasteiger charge is 2.33. The lowest BCUT2D eigenvalue weighted by Gasteiger charge is -2.32. The Morgan fingerprint density at radius 2 is 1.62 bits per heavy atom. The topological polar surface area (TPSA) is 96.0 Å². The lowest BCUT2D eigenvalue weighted by atomic mass is 10.1. The van der Waals surface area contributed by atoms with E-state index in [2.05, 4.69) is 21.2 Å². The summed E-state index contributed by atoms with van der Waals surface area (Å²) in [6, 6.07) is 19.0. The van der Waals surface area contributed by atoms with Crippen LogP contribution in [-0.4, -0.2) is 50.4 Å². The minimum absolute atomic E-state index is 0.0138. The van der Waals surface area contributed by atoms with Crippen molar-refractivity contribution in [2.24, 2.45) is 0 Å². The van der Waals surface area contributed by atoms with E-state index in [1.165, 1.54) is 29.2 Å². The van der Waals surface area contributed by atoms with Crippen LogP contribution in [0.3, 0.4) is 0 Å². The number of sulfonamides is 1. The summed E-state index contributed by atoms with van der Waals surface area (Å²) in [7, 11) is -4.19. The molecule has 0 bridgehead atoms. The lowest BCUT2D eigenvalue weighted by Crippen LogP contribution is -2.52. The van der Waals surface area contributed by atoms with Crippen LogP contribution in [0.15, 0.2) is 82.2 Å². The first-order valence-corrected chi connectivity index (χ1v) is 16.5. The molecule has 224 valence electrons. The average Bonchev–Trinajstić information content (AvgIpc) is 3.49. The van der Waals surface area contributed by atoms with E-state index in [0.717, 1.165) is 40.0 Å². The van der Waals surface area contributed by atoms with E-state index in [1.54, 1.807) is 31.2 Å². The number of rotatable bonds is 12. The number of ether oxygens (including phenoxy) is 1. The van der Waals surface area contributed by atoms with Crippen LogP contribution < -0.4 is 14.4 Å². The Labute approximate surface area is 261 Å². The molecule has 4 rings (SSSR count). The van der Waals surface area contributed by atoms with Crippen molar-refractivity contribution in [2.75, 3.05) is 17.5 Å². The third-order valence-electron chi connectivity index (χ3n) is 7.25. The molecule has 0 spiro atoms. The van der Waals surface area contributed by atoms with Gasteiger partial charge in [-0.1, -0.05) is 52.5 Å². The van der Waals surface area contributed by atoms with E-state index in [1.807, 2.05) is 31.2 Å². The van der Waals surface area contributed by atoms with Gasteiger partial charge in [0.2, 0.25) is 11.8 Å². The molecule has 11 heteroatoms. The SMILES string of the molecule is CCOc1ccc(N(CC(=O)N(Cc2ccc(Br)cc2)[C@H](C)C(=O)NC2CCCC2)S(=O)(=O)c2ccc(Cl)cc2)cc1. The van der Waals surface area contributed by atoms with Gasteiger partial charge in [-0.3, -0.25) is 13.9 Å². The van der Waals surface area contributed by atoms with Crippen LogP contribution in [0.25, 0.3) is 0 Å². The molecular weight excluding hydrogens is 642 g/mol. The summed E-state index contributed by atoms with van der Waals surface area (Å²) in [4.78, 5) is 28.8. The summed E-state index contributed by atoms with van der Waals surface area (Å²) in [5.41, 5.74) is 1.09. The molecule has 0 saturated heterocycles. The maximum atomic E-state index is 14.1. The maximum Gasteiger partial charge on any atom is 0.264 e. The summed E-state index contributed by atoms with van der Waals surface area (Å²) in [5.74, 6) is -0.204. The zero-order chi connectivity index (χ0) is 30.3. The molecule has 42 heavy (non-hydrogen) atoms. The number of hydrogen-bond acceptors (Lipinski definition) is 5. The van der Waals surface area contributed by atoms with Crippen LogP contribution >= 0.6 is 27.5 Å². The van der Waals surface area contributed by atoms with Crippen LogP contribution in [0.2, 0.25) is 5.02 Å². The second kappa shape index (κ2) is 14.4. The maximum absolute atomic E-state index is 14.1. The van der Waals surface area contributed by atoms with Gasteiger partial charge in [0.15, 0.2) is 0 Å². The Kier molecular flexibility index (Phi) is 10.9. The molecule has 1 N–H and O–H groups in total. The molecule has 0 radical (unpaired) electrons. The molecule has 3 aromatic rings. The van der Waals surface area contributed by atoms with E-state index < -0.39 is 28.5 Å². The quantitative estimate of drug-likeness (QED) is 0.248. The zero-order valence-electron chi connectivity index (χ0n) is 23.6. The Hall–Kier alpha value is -3.08. The van der Waals surface area contributed by atoms with Crippen molar-refractivity contribution in [1.82, 2.24) is 10.2 Å². The molecule has 3 aromatic carbocycles. The number of halogens is 2. The predicted octanol–water partition coefficient (Wildman–Crippen LogP) is 6.17. The number of hydrogen-bond donors (Lipinski definition) is 1. The summed E-state index contributed by atoms with van der Waals surface area (Å²) >= 11 is 9.45. The summed E-state index contributed by atoms with van der Waals surface area (Å²) in [5, 5.41) is 3.46. The number of nitrogens with one attached hydrogen (secondary N) is 1. The van der Waals surface area contributed by atoms with Crippen molar-refractivity contribution in [2.45, 2.75) is 63.1 Å². The van der Waals surface area contributed by atoms with Gasteiger partial charge in [0.25, 0.3) is 10.0 Å². The van der Waals surface area contributed by atoms with Gasteiger partial charge in [-0.25, -0.2) is 8.42 Å². The molecule has 8 nitrogen and oxygen atoms in total. The molecule has 0 aromatic heterocycles. The van der Waals surface area contributed by atoms with Gasteiger partial charge in [0.1, 0.15) is 18.3 Å². The first-order valence-electron chi connectivity index (χ1n) is 13.9. The zero-order valence-corrected chi connectivity index (χ0v) is 26.8. The molecule has 2 amide bonds. The van der Waals surface area contributed by atoms with Gasteiger partial charge < -0.3 is 15.0 Å². The van der Waals surface area contributed by atoms with Gasteiger partial charge in [0, 0.05) is 22.1 Å². The molecule has 1 atom stereocenters. The first-order chi connectivity index (χ1) is 20.1. The van der Waals surface area contributed by atoms with Crippen molar-refractivity contribution in [3.05, 3.63) is 87.9 Å².